The summed E-state index contributed by atoms with van der Waals surface area (Å²) in [5, 5.41) is 7.14. The van der Waals surface area contributed by atoms with Crippen molar-refractivity contribution in [3.63, 3.8) is 0 Å². The second-order valence-electron chi connectivity index (χ2n) is 28.4. The summed E-state index contributed by atoms with van der Waals surface area (Å²) in [7, 11) is -4.74. The molecule has 3 heterocycles. The first-order chi connectivity index (χ1) is 54.1. The van der Waals surface area contributed by atoms with Gasteiger partial charge in [-0.2, -0.15) is 0 Å². The van der Waals surface area contributed by atoms with Gasteiger partial charge in [-0.1, -0.05) is 345 Å². The molecule has 0 radical (unpaired) electrons. The number of phosphoric acid groups is 1. The van der Waals surface area contributed by atoms with Crippen LogP contribution in [0, 0.1) is 0 Å². The average molecular weight is 1630 g/mol. The third-order valence-corrected chi connectivity index (χ3v) is 22.4. The van der Waals surface area contributed by atoms with E-state index >= 15 is 14.2 Å². The van der Waals surface area contributed by atoms with Crippen LogP contribution in [0.25, 0.3) is 10.4 Å². The Morgan fingerprint density at radius 1 is 0.541 bits per heavy atom. The van der Waals surface area contributed by atoms with E-state index in [2.05, 4.69) is 29.2 Å². The highest BCUT2D eigenvalue weighted by Crippen LogP contribution is 2.55. The second kappa shape index (κ2) is 49.6. The predicted molar refractivity (Wildman–Crippen MR) is 429 cm³/mol. The molecule has 21 nitrogen and oxygen atoms in total. The zero-order valence-electron chi connectivity index (χ0n) is 63.9. The number of azide groups is 1. The summed E-state index contributed by atoms with van der Waals surface area (Å²) in [5.74, 6) is -1.44. The molecule has 1 N–H and O–H groups in total. The molecule has 9 rings (SSSR count). The number of benzene rings is 6. The number of ether oxygens (including phenoxy) is 10. The monoisotopic (exact) mass is 1630 g/mol. The number of fused-ring (bicyclic) bond motifs is 1. The van der Waals surface area contributed by atoms with Crippen molar-refractivity contribution >= 4 is 72.4 Å². The highest BCUT2D eigenvalue weighted by Gasteiger charge is 2.56. The number of rotatable bonds is 49. The van der Waals surface area contributed by atoms with Crippen molar-refractivity contribution < 1.29 is 79.9 Å². The molecule has 0 aromatic heterocycles. The van der Waals surface area contributed by atoms with Gasteiger partial charge in [0.1, 0.15) is 54.6 Å². The number of carbonyl (C=O) groups excluding carboxylic acids is 3. The molecular weight excluding hydrogens is 1520 g/mol. The maximum Gasteiger partial charge on any atom is 0.475 e. The number of unbranched alkanes of at least 4 members (excludes halogenated alkanes) is 16. The van der Waals surface area contributed by atoms with Crippen molar-refractivity contribution in [1.29, 1.82) is 0 Å². The number of esters is 2. The first-order valence-electron chi connectivity index (χ1n) is 39.4. The Morgan fingerprint density at radius 2 is 0.982 bits per heavy atom. The van der Waals surface area contributed by atoms with Gasteiger partial charge in [0.25, 0.3) is 0 Å². The van der Waals surface area contributed by atoms with Gasteiger partial charge in [-0.25, -0.2) is 9.36 Å². The van der Waals surface area contributed by atoms with Gasteiger partial charge in [0.05, 0.1) is 77.9 Å². The summed E-state index contributed by atoms with van der Waals surface area (Å²) in [6.45, 7) is 2.84. The Morgan fingerprint density at radius 3 is 1.47 bits per heavy atom. The van der Waals surface area contributed by atoms with Gasteiger partial charge in [0.2, 0.25) is 3.79 Å². The van der Waals surface area contributed by atoms with Crippen LogP contribution in [0.3, 0.4) is 0 Å². The molecule has 3 aliphatic heterocycles. The Labute approximate surface area is 674 Å². The highest BCUT2D eigenvalue weighted by atomic mass is 35.6. The third kappa shape index (κ3) is 32.2. The van der Waals surface area contributed by atoms with Crippen LogP contribution >= 0.6 is 54.4 Å². The van der Waals surface area contributed by atoms with Crippen molar-refractivity contribution in [2.24, 2.45) is 5.11 Å². The minimum absolute atomic E-state index is 0.0378. The Balaban J connectivity index is 1.09. The lowest BCUT2D eigenvalue weighted by atomic mass is 9.96. The van der Waals surface area contributed by atoms with Crippen LogP contribution < -0.4 is 5.32 Å². The number of halogens is 3. The van der Waals surface area contributed by atoms with Gasteiger partial charge < -0.3 is 52.7 Å². The van der Waals surface area contributed by atoms with E-state index in [0.717, 1.165) is 84.9 Å². The van der Waals surface area contributed by atoms with Gasteiger partial charge >= 0.3 is 25.9 Å². The highest BCUT2D eigenvalue weighted by molar-refractivity contribution is 7.99. The fourth-order valence-electron chi connectivity index (χ4n) is 13.6. The van der Waals surface area contributed by atoms with Crippen LogP contribution in [0.15, 0.2) is 186 Å². The Kier molecular flexibility index (Phi) is 39.7. The maximum atomic E-state index is 15.5. The first kappa shape index (κ1) is 88.8. The molecule has 0 saturated carbocycles. The van der Waals surface area contributed by atoms with Crippen molar-refractivity contribution in [3.05, 3.63) is 220 Å². The topological polar surface area (TPSA) is 249 Å². The van der Waals surface area contributed by atoms with E-state index < -0.39 is 116 Å². The summed E-state index contributed by atoms with van der Waals surface area (Å²) in [6, 6.07) is 51.7. The van der Waals surface area contributed by atoms with Crippen molar-refractivity contribution in [3.8, 4) is 0 Å². The fourth-order valence-corrected chi connectivity index (χ4v) is 16.2. The summed E-state index contributed by atoms with van der Waals surface area (Å²) in [5.41, 5.74) is 14.2. The van der Waals surface area contributed by atoms with Gasteiger partial charge in [0, 0.05) is 9.81 Å². The first-order valence-corrected chi connectivity index (χ1v) is 42.9. The van der Waals surface area contributed by atoms with Gasteiger partial charge in [-0.15, -0.1) is 0 Å². The van der Waals surface area contributed by atoms with Crippen LogP contribution in [0.5, 0.6) is 0 Å². The summed E-state index contributed by atoms with van der Waals surface area (Å²) < 4.78 is 99.1. The van der Waals surface area contributed by atoms with Crippen molar-refractivity contribution in [1.82, 2.24) is 5.32 Å². The Hall–Kier alpha value is -6.11. The molecule has 12 atom stereocenters. The third-order valence-electron chi connectivity index (χ3n) is 19.6. The molecule has 604 valence electrons. The summed E-state index contributed by atoms with van der Waals surface area (Å²) in [6.07, 6.45) is 7.43. The van der Waals surface area contributed by atoms with E-state index in [-0.39, 0.29) is 59.1 Å². The van der Waals surface area contributed by atoms with Crippen molar-refractivity contribution in [2.45, 2.75) is 276 Å². The van der Waals surface area contributed by atoms with E-state index in [0.29, 0.717) is 24.0 Å². The Bertz CT molecular complexity index is 3690. The average Bonchev–Trinajstić information content (AvgIpc) is 1.48. The zero-order valence-corrected chi connectivity index (χ0v) is 67.8. The van der Waals surface area contributed by atoms with E-state index in [1.54, 1.807) is 0 Å². The number of nitrogens with one attached hydrogen (secondary N) is 1. The predicted octanol–water partition coefficient (Wildman–Crippen LogP) is 21.0. The normalized spacial score (nSPS) is 21.5. The fraction of sp³-hybridized carbons (Fsp3) is 0.541. The van der Waals surface area contributed by atoms with E-state index in [9.17, 15) is 10.3 Å². The molecule has 6 aromatic carbocycles. The molecule has 3 aliphatic rings. The van der Waals surface area contributed by atoms with E-state index in [1.807, 2.05) is 176 Å². The molecule has 2 saturated heterocycles. The smallest absolute Gasteiger partial charge is 0.459 e. The van der Waals surface area contributed by atoms with Gasteiger partial charge in [-0.05, 0) is 63.9 Å². The van der Waals surface area contributed by atoms with Gasteiger partial charge in [0.15, 0.2) is 12.4 Å². The molecule has 1 unspecified atom stereocenters. The zero-order chi connectivity index (χ0) is 78.1. The van der Waals surface area contributed by atoms with Crippen LogP contribution in [-0.2, 0) is 115 Å². The molecule has 1 amide bonds. The number of phosphoric ester groups is 1. The number of alkyl halides is 3. The molecule has 6 aromatic rings. The minimum atomic E-state index is -4.74. The SMILES string of the molecule is CCCCCCCCCCC[C@H](CC(=O)O[C@@H]1[C@@H](NC(=O)OCC(Cl)(Cl)Cl)[C@H](O[13CH2][C@H]2OC(Sc3ccccc3)[C@H](N=[N+]=[N-])[C@@H](OC(=O)C[C@@H](CCCCCCCCCCC)OCc3ccccc3)[C@@H]2OCc2ccccc2)O[C@H](COCc2ccccc2)[C@H]1OP1(=O)OCc2ccccc2CO1)OCc1ccccc1. The molecule has 0 aliphatic carbocycles. The summed E-state index contributed by atoms with van der Waals surface area (Å²) >= 11 is 19.9. The minimum Gasteiger partial charge on any atom is -0.459 e. The number of alkyl carbamates (subject to hydrolysis) is 1. The standard InChI is InChI=1S/C85H110Cl3N4O17PS/c1-3-5-7-9-11-13-15-17-32-48-69(98-55-64-40-26-20-27-41-64)52-74(93)107-80-76(90-84(95)102-62-85(86,87)88)82(105-72(60-97-54-63-38-24-19-25-39-63)79(80)109-110(96)103-58-67-46-36-37-47-68(67)59-104-110)101-61-73-78(100-57-66-44-30-22-31-45-66)81(77(91-92-89)83(106-73)111-71-50-34-23-35-51-71)108-75(94)53-70(99-56-65-42-28-21-29-43-65)49-33-18-16-14-12-10-8-6-4-2/h19-31,34-47,50-51,69-70,72-73,76-83H,3-18,32-33,48-49,52-62H2,1-2H3,(H,90,95)/t69-,70-,72-,73-,76-,77-,78-,79-,80-,81-,82-,83?/m1/s1/i61+1. The van der Waals surface area contributed by atoms with Crippen LogP contribution in [0.4, 0.5) is 4.79 Å². The van der Waals surface area contributed by atoms with Crippen LogP contribution in [0.2, 0.25) is 0 Å². The van der Waals surface area contributed by atoms with Crippen molar-refractivity contribution in [2.75, 3.05) is 19.8 Å². The molecule has 2 fully saturated rings. The number of hydrogen-bond donors (Lipinski definition) is 1. The van der Waals surface area contributed by atoms with Crippen LogP contribution in [-0.4, -0.2) is 114 Å². The number of hydrogen-bond acceptors (Lipinski definition) is 19. The maximum absolute atomic E-state index is 15.5. The molecule has 26 heteroatoms. The lowest BCUT2D eigenvalue weighted by Crippen LogP contribution is -2.67. The quantitative estimate of drug-likeness (QED) is 0.00429. The van der Waals surface area contributed by atoms with E-state index in [1.165, 1.54) is 69.5 Å². The number of carbonyl (C=O) groups is 3. The number of nitrogens with zero attached hydrogens (tertiary/aromatic N) is 3. The molecule has 0 spiro atoms. The number of amides is 1. The molecular formula is C85H110Cl3N4O17PS. The molecule has 111 heavy (non-hydrogen) atoms. The summed E-state index contributed by atoms with van der Waals surface area (Å²) in [4.78, 5) is 49.2. The lowest BCUT2D eigenvalue weighted by Gasteiger charge is -2.47. The van der Waals surface area contributed by atoms with Gasteiger partial charge in [-0.3, -0.25) is 23.2 Å². The largest absolute Gasteiger partial charge is 0.475 e. The van der Waals surface area contributed by atoms with Crippen LogP contribution in [0.1, 0.15) is 188 Å². The van der Waals surface area contributed by atoms with E-state index in [4.69, 9.17) is 95.7 Å². The number of thioether (sulfide) groups is 1. The molecule has 0 bridgehead atoms. The second-order valence-corrected chi connectivity index (χ2v) is 33.7. The lowest BCUT2D eigenvalue weighted by molar-refractivity contribution is -0.287.